The van der Waals surface area contributed by atoms with Gasteiger partial charge in [-0.2, -0.15) is 0 Å². The molecule has 2 N–H and O–H groups in total. The summed E-state index contributed by atoms with van der Waals surface area (Å²) < 4.78 is 17.6. The molecule has 0 fully saturated rings. The zero-order chi connectivity index (χ0) is 19.3. The van der Waals surface area contributed by atoms with Gasteiger partial charge >= 0.3 is 11.9 Å². The molecular formula is C18H15ClFNO5. The van der Waals surface area contributed by atoms with Crippen molar-refractivity contribution in [1.29, 1.82) is 0 Å². The quantitative estimate of drug-likeness (QED) is 0.750. The first-order chi connectivity index (χ1) is 12.3. The molecule has 0 aliphatic heterocycles. The lowest BCUT2D eigenvalue weighted by Crippen LogP contribution is -2.22. The molecule has 0 radical (unpaired) electrons. The Morgan fingerprint density at radius 2 is 1.85 bits per heavy atom. The number of carbonyl (C=O) groups is 3. The summed E-state index contributed by atoms with van der Waals surface area (Å²) in [5.41, 5.74) is 0.477. The minimum atomic E-state index is -1.23. The molecule has 0 aromatic heterocycles. The Morgan fingerprint density at radius 1 is 1.19 bits per heavy atom. The maximum atomic E-state index is 13.0. The predicted octanol–water partition coefficient (Wildman–Crippen LogP) is 3.46. The van der Waals surface area contributed by atoms with Gasteiger partial charge in [0.2, 0.25) is 5.91 Å². The maximum Gasteiger partial charge on any atom is 0.339 e. The molecule has 0 aliphatic rings. The summed E-state index contributed by atoms with van der Waals surface area (Å²) in [6.07, 6.45) is -0.409. The molecule has 0 spiro atoms. The van der Waals surface area contributed by atoms with E-state index in [1.807, 2.05) is 0 Å². The normalized spacial score (nSPS) is 11.5. The van der Waals surface area contributed by atoms with E-state index in [0.717, 1.165) is 12.1 Å². The van der Waals surface area contributed by atoms with Crippen LogP contribution in [-0.2, 0) is 14.3 Å². The smallest absolute Gasteiger partial charge is 0.339 e. The summed E-state index contributed by atoms with van der Waals surface area (Å²) in [5.74, 6) is -4.23. The fourth-order valence-corrected chi connectivity index (χ4v) is 2.51. The molecule has 0 aliphatic carbocycles. The predicted molar refractivity (Wildman–Crippen MR) is 92.8 cm³/mol. The first-order valence-corrected chi connectivity index (χ1v) is 7.85. The van der Waals surface area contributed by atoms with Crippen LogP contribution in [0, 0.1) is 5.82 Å². The van der Waals surface area contributed by atoms with E-state index in [1.54, 1.807) is 0 Å². The number of rotatable bonds is 6. The fourth-order valence-electron chi connectivity index (χ4n) is 2.34. The van der Waals surface area contributed by atoms with E-state index in [9.17, 15) is 23.9 Å². The average Bonchev–Trinajstić information content (AvgIpc) is 2.60. The highest BCUT2D eigenvalue weighted by Crippen LogP contribution is 2.25. The molecular weight excluding hydrogens is 365 g/mol. The van der Waals surface area contributed by atoms with Gasteiger partial charge in [-0.15, -0.1) is 0 Å². The lowest BCUT2D eigenvalue weighted by atomic mass is 9.95. The van der Waals surface area contributed by atoms with Crippen LogP contribution in [-0.4, -0.2) is 30.1 Å². The molecule has 1 unspecified atom stereocenters. The Hall–Kier alpha value is -2.93. The second-order valence-electron chi connectivity index (χ2n) is 5.38. The minimum absolute atomic E-state index is 0.0823. The minimum Gasteiger partial charge on any atom is -0.481 e. The molecule has 2 aromatic carbocycles. The molecule has 1 atom stereocenters. The van der Waals surface area contributed by atoms with Gasteiger partial charge in [-0.1, -0.05) is 23.7 Å². The first kappa shape index (κ1) is 19.4. The van der Waals surface area contributed by atoms with Gasteiger partial charge in [-0.25, -0.2) is 9.18 Å². The number of methoxy groups -OCH3 is 1. The zero-order valence-electron chi connectivity index (χ0n) is 13.7. The van der Waals surface area contributed by atoms with Gasteiger partial charge in [0.1, 0.15) is 5.82 Å². The maximum absolute atomic E-state index is 13.0. The summed E-state index contributed by atoms with van der Waals surface area (Å²) in [4.78, 5) is 35.5. The number of esters is 1. The molecule has 6 nitrogen and oxygen atoms in total. The Balaban J connectivity index is 2.21. The number of nitrogens with one attached hydrogen (secondary N) is 1. The molecule has 8 heteroatoms. The van der Waals surface area contributed by atoms with Crippen molar-refractivity contribution in [2.24, 2.45) is 0 Å². The van der Waals surface area contributed by atoms with Crippen molar-refractivity contribution in [3.63, 3.8) is 0 Å². The Kier molecular flexibility index (Phi) is 6.30. The number of carboxylic acids is 1. The highest BCUT2D eigenvalue weighted by molar-refractivity contribution is 6.31. The van der Waals surface area contributed by atoms with Crippen molar-refractivity contribution in [2.45, 2.75) is 12.3 Å². The highest BCUT2D eigenvalue weighted by Gasteiger charge is 2.24. The van der Waals surface area contributed by atoms with Crippen molar-refractivity contribution in [3.8, 4) is 0 Å². The third-order valence-corrected chi connectivity index (χ3v) is 3.86. The third-order valence-electron chi connectivity index (χ3n) is 3.62. The topological polar surface area (TPSA) is 92.7 Å². The van der Waals surface area contributed by atoms with Crippen molar-refractivity contribution in [3.05, 3.63) is 64.4 Å². The number of carboxylic acid groups (broad SMARTS) is 1. The molecule has 2 rings (SSSR count). The van der Waals surface area contributed by atoms with E-state index in [4.69, 9.17) is 11.6 Å². The number of benzene rings is 2. The number of anilines is 1. The van der Waals surface area contributed by atoms with Crippen LogP contribution in [0.2, 0.25) is 5.02 Å². The van der Waals surface area contributed by atoms with Crippen LogP contribution in [0.15, 0.2) is 42.5 Å². The largest absolute Gasteiger partial charge is 0.481 e. The number of amides is 1. The monoisotopic (exact) mass is 379 g/mol. The van der Waals surface area contributed by atoms with Crippen molar-refractivity contribution in [2.75, 3.05) is 12.4 Å². The van der Waals surface area contributed by atoms with E-state index in [2.05, 4.69) is 10.1 Å². The second-order valence-corrected chi connectivity index (χ2v) is 5.81. The van der Waals surface area contributed by atoms with Gasteiger partial charge in [0, 0.05) is 11.4 Å². The number of halogens is 2. The van der Waals surface area contributed by atoms with Crippen LogP contribution in [0.1, 0.15) is 28.3 Å². The third kappa shape index (κ3) is 4.80. The van der Waals surface area contributed by atoms with Crippen LogP contribution in [0.25, 0.3) is 0 Å². The highest BCUT2D eigenvalue weighted by atomic mass is 35.5. The van der Waals surface area contributed by atoms with Gasteiger partial charge in [0.15, 0.2) is 0 Å². The van der Waals surface area contributed by atoms with Gasteiger partial charge in [-0.3, -0.25) is 9.59 Å². The van der Waals surface area contributed by atoms with E-state index in [0.29, 0.717) is 0 Å². The summed E-state index contributed by atoms with van der Waals surface area (Å²) in [7, 11) is 1.19. The Bertz CT molecular complexity index is 838. The number of aliphatic carboxylic acids is 1. The van der Waals surface area contributed by atoms with Gasteiger partial charge in [0.25, 0.3) is 0 Å². The number of hydrogen-bond acceptors (Lipinski definition) is 4. The lowest BCUT2D eigenvalue weighted by molar-refractivity contribution is -0.140. The van der Waals surface area contributed by atoms with Crippen molar-refractivity contribution in [1.82, 2.24) is 0 Å². The lowest BCUT2D eigenvalue weighted by Gasteiger charge is -2.14. The van der Waals surface area contributed by atoms with E-state index in [1.165, 1.54) is 37.4 Å². The molecule has 26 heavy (non-hydrogen) atoms. The fraction of sp³-hybridized carbons (Fsp3) is 0.167. The molecule has 2 aromatic rings. The van der Waals surface area contributed by atoms with Crippen LogP contribution < -0.4 is 5.32 Å². The Morgan fingerprint density at radius 3 is 2.42 bits per heavy atom. The molecule has 136 valence electrons. The zero-order valence-corrected chi connectivity index (χ0v) is 14.4. The van der Waals surface area contributed by atoms with Crippen molar-refractivity contribution >= 4 is 35.1 Å². The van der Waals surface area contributed by atoms with Crippen LogP contribution >= 0.6 is 11.6 Å². The van der Waals surface area contributed by atoms with Gasteiger partial charge in [0.05, 0.1) is 24.3 Å². The standard InChI is InChI=1S/C18H15ClFNO5/c1-26-18(25)13-7-4-11(19)8-15(13)21-16(22)9-14(17(23)24)10-2-5-12(20)6-3-10/h2-8,14H,9H2,1H3,(H,21,22)(H,23,24). The molecule has 0 saturated carbocycles. The van der Waals surface area contributed by atoms with Crippen LogP contribution in [0.5, 0.6) is 0 Å². The molecule has 1 amide bonds. The SMILES string of the molecule is COC(=O)c1ccc(Cl)cc1NC(=O)CC(C(=O)O)c1ccc(F)cc1. The summed E-state index contributed by atoms with van der Waals surface area (Å²) >= 11 is 5.88. The summed E-state index contributed by atoms with van der Waals surface area (Å²) in [5, 5.41) is 12.1. The van der Waals surface area contributed by atoms with E-state index in [-0.39, 0.29) is 21.8 Å². The van der Waals surface area contributed by atoms with Gasteiger partial charge in [-0.05, 0) is 35.9 Å². The first-order valence-electron chi connectivity index (χ1n) is 7.47. The Labute approximate surface area is 153 Å². The summed E-state index contributed by atoms with van der Waals surface area (Å²) in [6.45, 7) is 0. The summed E-state index contributed by atoms with van der Waals surface area (Å²) in [6, 6.07) is 9.06. The molecule has 0 heterocycles. The van der Waals surface area contributed by atoms with E-state index >= 15 is 0 Å². The van der Waals surface area contributed by atoms with Crippen LogP contribution in [0.4, 0.5) is 10.1 Å². The number of carbonyl (C=O) groups excluding carboxylic acids is 2. The van der Waals surface area contributed by atoms with Crippen molar-refractivity contribution < 1.29 is 28.6 Å². The molecule has 0 saturated heterocycles. The molecule has 0 bridgehead atoms. The number of hydrogen-bond donors (Lipinski definition) is 2. The second kappa shape index (κ2) is 8.44. The van der Waals surface area contributed by atoms with Gasteiger partial charge < -0.3 is 15.2 Å². The van der Waals surface area contributed by atoms with E-state index < -0.39 is 36.0 Å². The number of ether oxygens (including phenoxy) is 1. The van der Waals surface area contributed by atoms with Crippen LogP contribution in [0.3, 0.4) is 0 Å². The average molecular weight is 380 g/mol.